The van der Waals surface area contributed by atoms with Crippen molar-refractivity contribution < 1.29 is 32.5 Å². The number of nitrogens with zero attached hydrogens (tertiary/aromatic N) is 1. The molecule has 0 saturated carbocycles. The standard InChI is InChI=1S/C28H40N2O7S/c1-21(2)19-30(38(33,34)25-13-11-23(35-3)12-14-25)20-27(31)26(18-22-8-5-4-6-9-22)29-28(32)37-24-10-7-16-36-17-15-24/h4-6,8-9,11-14,21,24,26-27,31H,7,10,15-20H2,1-3H3,(H,29,32)/t24-,26-,27+/m0/s1. The lowest BCUT2D eigenvalue weighted by Crippen LogP contribution is -2.51. The second-order valence-electron chi connectivity index (χ2n) is 9.97. The van der Waals surface area contributed by atoms with Gasteiger partial charge in [0.1, 0.15) is 11.9 Å². The second-order valence-corrected chi connectivity index (χ2v) is 11.9. The van der Waals surface area contributed by atoms with Crippen LogP contribution in [-0.2, 0) is 25.9 Å². The summed E-state index contributed by atoms with van der Waals surface area (Å²) in [5.74, 6) is 0.559. The first kappa shape index (κ1) is 29.9. The van der Waals surface area contributed by atoms with Crippen molar-refractivity contribution in [1.82, 2.24) is 9.62 Å². The number of methoxy groups -OCH3 is 1. The Morgan fingerprint density at radius 2 is 1.79 bits per heavy atom. The SMILES string of the molecule is COc1ccc(S(=O)(=O)N(CC(C)C)C[C@@H](O)[C@H](Cc2ccccc2)NC(=O)O[C@H]2CCCOCC2)cc1. The number of carbonyl (C=O) groups is 1. The zero-order chi connectivity index (χ0) is 27.5. The summed E-state index contributed by atoms with van der Waals surface area (Å²) >= 11 is 0. The van der Waals surface area contributed by atoms with Crippen molar-refractivity contribution in [2.75, 3.05) is 33.4 Å². The molecule has 0 aromatic heterocycles. The first-order chi connectivity index (χ1) is 18.2. The molecular formula is C28H40N2O7S. The predicted octanol–water partition coefficient (Wildman–Crippen LogP) is 3.61. The Labute approximate surface area is 226 Å². The monoisotopic (exact) mass is 548 g/mol. The molecule has 1 amide bonds. The van der Waals surface area contributed by atoms with Crippen LogP contribution in [0, 0.1) is 5.92 Å². The smallest absolute Gasteiger partial charge is 0.407 e. The van der Waals surface area contributed by atoms with Crippen LogP contribution in [0.4, 0.5) is 4.79 Å². The van der Waals surface area contributed by atoms with Crippen LogP contribution in [-0.4, -0.2) is 75.6 Å². The van der Waals surface area contributed by atoms with Gasteiger partial charge in [-0.3, -0.25) is 0 Å². The summed E-state index contributed by atoms with van der Waals surface area (Å²) in [6.07, 6.45) is 0.352. The highest BCUT2D eigenvalue weighted by Crippen LogP contribution is 2.22. The van der Waals surface area contributed by atoms with Crippen molar-refractivity contribution in [3.63, 3.8) is 0 Å². The molecule has 9 nitrogen and oxygen atoms in total. The number of aliphatic hydroxyl groups excluding tert-OH is 1. The minimum atomic E-state index is -3.92. The number of carbonyl (C=O) groups excluding carboxylic acids is 1. The van der Waals surface area contributed by atoms with Crippen molar-refractivity contribution in [3.05, 3.63) is 60.2 Å². The molecule has 1 saturated heterocycles. The van der Waals surface area contributed by atoms with Gasteiger partial charge in [0, 0.05) is 26.1 Å². The van der Waals surface area contributed by atoms with E-state index in [-0.39, 0.29) is 30.0 Å². The highest BCUT2D eigenvalue weighted by Gasteiger charge is 2.32. The maximum Gasteiger partial charge on any atom is 0.407 e. The Kier molecular flexibility index (Phi) is 11.4. The van der Waals surface area contributed by atoms with Crippen LogP contribution < -0.4 is 10.1 Å². The summed E-state index contributed by atoms with van der Waals surface area (Å²) in [7, 11) is -2.40. The Morgan fingerprint density at radius 3 is 2.45 bits per heavy atom. The molecule has 0 radical (unpaired) electrons. The van der Waals surface area contributed by atoms with E-state index >= 15 is 0 Å². The van der Waals surface area contributed by atoms with Crippen molar-refractivity contribution in [3.8, 4) is 5.75 Å². The Balaban J connectivity index is 1.79. The van der Waals surface area contributed by atoms with E-state index in [1.165, 1.54) is 23.5 Å². The Hall–Kier alpha value is -2.66. The van der Waals surface area contributed by atoms with Crippen molar-refractivity contribution >= 4 is 16.1 Å². The van der Waals surface area contributed by atoms with Crippen LogP contribution >= 0.6 is 0 Å². The summed E-state index contributed by atoms with van der Waals surface area (Å²) in [6, 6.07) is 14.8. The number of aliphatic hydroxyl groups is 1. The summed E-state index contributed by atoms with van der Waals surface area (Å²) in [5, 5.41) is 14.1. The van der Waals surface area contributed by atoms with Crippen LogP contribution in [0.15, 0.2) is 59.5 Å². The van der Waals surface area contributed by atoms with Gasteiger partial charge in [-0.1, -0.05) is 44.2 Å². The van der Waals surface area contributed by atoms with Crippen LogP contribution in [0.5, 0.6) is 5.75 Å². The molecule has 3 rings (SSSR count). The van der Waals surface area contributed by atoms with Gasteiger partial charge in [0.25, 0.3) is 0 Å². The van der Waals surface area contributed by atoms with E-state index in [0.29, 0.717) is 38.2 Å². The van der Waals surface area contributed by atoms with Crippen LogP contribution in [0.25, 0.3) is 0 Å². The first-order valence-corrected chi connectivity index (χ1v) is 14.5. The quantitative estimate of drug-likeness (QED) is 0.416. The van der Waals surface area contributed by atoms with Gasteiger partial charge in [0.2, 0.25) is 10.0 Å². The van der Waals surface area contributed by atoms with Gasteiger partial charge in [-0.2, -0.15) is 4.31 Å². The average molecular weight is 549 g/mol. The van der Waals surface area contributed by atoms with Crippen LogP contribution in [0.1, 0.15) is 38.7 Å². The number of hydrogen-bond donors (Lipinski definition) is 2. The maximum absolute atomic E-state index is 13.6. The minimum absolute atomic E-state index is 0.0122. The summed E-state index contributed by atoms with van der Waals surface area (Å²) in [6.45, 7) is 5.01. The van der Waals surface area contributed by atoms with Crippen LogP contribution in [0.2, 0.25) is 0 Å². The zero-order valence-corrected chi connectivity index (χ0v) is 23.2. The van der Waals surface area contributed by atoms with Gasteiger partial charge in [-0.15, -0.1) is 0 Å². The molecule has 10 heteroatoms. The highest BCUT2D eigenvalue weighted by molar-refractivity contribution is 7.89. The van der Waals surface area contributed by atoms with Gasteiger partial charge in [-0.05, 0) is 55.0 Å². The first-order valence-electron chi connectivity index (χ1n) is 13.1. The summed E-state index contributed by atoms with van der Waals surface area (Å²) in [5.41, 5.74) is 0.896. The molecule has 1 aliphatic rings. The number of amides is 1. The number of benzene rings is 2. The number of rotatable bonds is 12. The molecule has 2 aromatic rings. The summed E-state index contributed by atoms with van der Waals surface area (Å²) < 4.78 is 44.6. The molecule has 2 N–H and O–H groups in total. The van der Waals surface area contributed by atoms with Crippen molar-refractivity contribution in [1.29, 1.82) is 0 Å². The predicted molar refractivity (Wildman–Crippen MR) is 145 cm³/mol. The van der Waals surface area contributed by atoms with Gasteiger partial charge in [0.05, 0.1) is 30.8 Å². The number of nitrogens with one attached hydrogen (secondary N) is 1. The molecule has 3 atom stereocenters. The van der Waals surface area contributed by atoms with Gasteiger partial charge in [0.15, 0.2) is 0 Å². The lowest BCUT2D eigenvalue weighted by molar-refractivity contribution is 0.0623. The molecule has 2 aromatic carbocycles. The molecule has 0 aliphatic carbocycles. The lowest BCUT2D eigenvalue weighted by Gasteiger charge is -2.31. The minimum Gasteiger partial charge on any atom is -0.497 e. The number of hydrogen-bond acceptors (Lipinski definition) is 7. The number of ether oxygens (including phenoxy) is 3. The van der Waals surface area contributed by atoms with E-state index < -0.39 is 28.3 Å². The van der Waals surface area contributed by atoms with E-state index in [0.717, 1.165) is 12.0 Å². The maximum atomic E-state index is 13.6. The molecule has 1 aliphatic heterocycles. The Morgan fingerprint density at radius 1 is 1.08 bits per heavy atom. The van der Waals surface area contributed by atoms with Gasteiger partial charge < -0.3 is 24.6 Å². The molecule has 38 heavy (non-hydrogen) atoms. The van der Waals surface area contributed by atoms with Gasteiger partial charge >= 0.3 is 6.09 Å². The Bertz CT molecular complexity index is 1090. The highest BCUT2D eigenvalue weighted by atomic mass is 32.2. The second kappa shape index (κ2) is 14.5. The molecular weight excluding hydrogens is 508 g/mol. The van der Waals surface area contributed by atoms with Crippen LogP contribution in [0.3, 0.4) is 0 Å². The van der Waals surface area contributed by atoms with E-state index in [1.807, 2.05) is 44.2 Å². The van der Waals surface area contributed by atoms with E-state index in [9.17, 15) is 18.3 Å². The fraction of sp³-hybridized carbons (Fsp3) is 0.536. The molecule has 210 valence electrons. The summed E-state index contributed by atoms with van der Waals surface area (Å²) in [4.78, 5) is 12.9. The number of sulfonamides is 1. The van der Waals surface area contributed by atoms with Crippen molar-refractivity contribution in [2.24, 2.45) is 5.92 Å². The van der Waals surface area contributed by atoms with E-state index in [2.05, 4.69) is 5.32 Å². The number of alkyl carbamates (subject to hydrolysis) is 1. The fourth-order valence-corrected chi connectivity index (χ4v) is 6.01. The fourth-order valence-electron chi connectivity index (χ4n) is 4.39. The van der Waals surface area contributed by atoms with Crippen molar-refractivity contribution in [2.45, 2.75) is 62.7 Å². The zero-order valence-electron chi connectivity index (χ0n) is 22.4. The third-order valence-electron chi connectivity index (χ3n) is 6.40. The van der Waals surface area contributed by atoms with Gasteiger partial charge in [-0.25, -0.2) is 13.2 Å². The topological polar surface area (TPSA) is 114 Å². The molecule has 0 unspecified atom stereocenters. The molecule has 0 spiro atoms. The molecule has 0 bridgehead atoms. The average Bonchev–Trinajstić information content (AvgIpc) is 3.16. The van der Waals surface area contributed by atoms with E-state index in [4.69, 9.17) is 14.2 Å². The van der Waals surface area contributed by atoms with E-state index in [1.54, 1.807) is 12.1 Å². The molecule has 1 fully saturated rings. The normalized spacial score (nSPS) is 18.0. The molecule has 1 heterocycles. The third-order valence-corrected chi connectivity index (χ3v) is 8.24. The lowest BCUT2D eigenvalue weighted by atomic mass is 10.0. The largest absolute Gasteiger partial charge is 0.497 e. The third kappa shape index (κ3) is 8.97.